The SMILES string of the molecule is COc1ccc(CCNC(=O)c2ccc3c(c2)n(CCC(=O)O)c(=O)n3Cc2cccc3ccccc23)cc1OC. The molecule has 9 heteroatoms. The molecule has 5 rings (SSSR count). The van der Waals surface area contributed by atoms with Gasteiger partial charge in [0.1, 0.15) is 0 Å². The van der Waals surface area contributed by atoms with Crippen LogP contribution in [0, 0.1) is 0 Å². The third-order valence-corrected chi connectivity index (χ3v) is 7.19. The first-order valence-electron chi connectivity index (χ1n) is 13.3. The van der Waals surface area contributed by atoms with Crippen LogP contribution < -0.4 is 20.5 Å². The summed E-state index contributed by atoms with van der Waals surface area (Å²) in [4.78, 5) is 38.0. The van der Waals surface area contributed by atoms with Crippen LogP contribution in [0.4, 0.5) is 0 Å². The topological polar surface area (TPSA) is 112 Å². The van der Waals surface area contributed by atoms with Gasteiger partial charge in [-0.2, -0.15) is 0 Å². The molecule has 41 heavy (non-hydrogen) atoms. The van der Waals surface area contributed by atoms with E-state index in [-0.39, 0.29) is 24.6 Å². The molecule has 0 aliphatic heterocycles. The quantitative estimate of drug-likeness (QED) is 0.250. The van der Waals surface area contributed by atoms with E-state index in [1.54, 1.807) is 37.0 Å². The summed E-state index contributed by atoms with van der Waals surface area (Å²) in [5, 5.41) is 14.3. The highest BCUT2D eigenvalue weighted by molar-refractivity contribution is 5.97. The number of benzene rings is 4. The highest BCUT2D eigenvalue weighted by Crippen LogP contribution is 2.27. The molecule has 9 nitrogen and oxygen atoms in total. The fourth-order valence-corrected chi connectivity index (χ4v) is 5.10. The number of aromatic nitrogens is 2. The standard InChI is InChI=1S/C32H31N3O6/c1-40-28-13-10-21(18-29(28)41-2)14-16-33-31(38)23-11-12-26-27(19-23)34(17-15-30(36)37)32(39)35(26)20-24-8-5-7-22-6-3-4-9-25(22)24/h3-13,18-19H,14-17,20H2,1-2H3,(H,33,38)(H,36,37). The lowest BCUT2D eigenvalue weighted by Crippen LogP contribution is -2.26. The number of methoxy groups -OCH3 is 2. The van der Waals surface area contributed by atoms with Crippen LogP contribution in [0.2, 0.25) is 0 Å². The molecule has 0 atom stereocenters. The second-order valence-corrected chi connectivity index (χ2v) is 9.70. The minimum absolute atomic E-state index is 0.00240. The fourth-order valence-electron chi connectivity index (χ4n) is 5.10. The molecule has 5 aromatic rings. The van der Waals surface area contributed by atoms with Gasteiger partial charge in [-0.1, -0.05) is 48.5 Å². The lowest BCUT2D eigenvalue weighted by molar-refractivity contribution is -0.137. The van der Waals surface area contributed by atoms with E-state index in [1.165, 1.54) is 4.57 Å². The molecule has 1 amide bonds. The Bertz CT molecular complexity index is 1800. The third kappa shape index (κ3) is 5.79. The lowest BCUT2D eigenvalue weighted by Gasteiger charge is -2.10. The van der Waals surface area contributed by atoms with Crippen molar-refractivity contribution in [3.8, 4) is 11.5 Å². The Hall–Kier alpha value is -5.05. The van der Waals surface area contributed by atoms with E-state index in [2.05, 4.69) is 5.32 Å². The number of hydrogen-bond acceptors (Lipinski definition) is 5. The number of aliphatic carboxylic acids is 1. The van der Waals surface area contributed by atoms with Crippen molar-refractivity contribution in [2.75, 3.05) is 20.8 Å². The molecule has 210 valence electrons. The first-order chi connectivity index (χ1) is 19.9. The van der Waals surface area contributed by atoms with Gasteiger partial charge in [-0.15, -0.1) is 0 Å². The van der Waals surface area contributed by atoms with Crippen molar-refractivity contribution in [2.45, 2.75) is 25.9 Å². The second kappa shape index (κ2) is 12.0. The molecular weight excluding hydrogens is 522 g/mol. The van der Waals surface area contributed by atoms with E-state index in [4.69, 9.17) is 9.47 Å². The van der Waals surface area contributed by atoms with Crippen LogP contribution >= 0.6 is 0 Å². The number of hydrogen-bond donors (Lipinski definition) is 2. The maximum absolute atomic E-state index is 13.6. The zero-order valence-corrected chi connectivity index (χ0v) is 22.9. The van der Waals surface area contributed by atoms with Gasteiger partial charge >= 0.3 is 11.7 Å². The second-order valence-electron chi connectivity index (χ2n) is 9.70. The molecule has 4 aromatic carbocycles. The van der Waals surface area contributed by atoms with Crippen molar-refractivity contribution in [1.82, 2.24) is 14.5 Å². The summed E-state index contributed by atoms with van der Waals surface area (Å²) in [6.45, 7) is 0.700. The molecule has 0 saturated heterocycles. The van der Waals surface area contributed by atoms with Crippen LogP contribution in [0.1, 0.15) is 27.9 Å². The zero-order valence-electron chi connectivity index (χ0n) is 22.9. The van der Waals surface area contributed by atoms with Gasteiger partial charge in [-0.05, 0) is 58.7 Å². The van der Waals surface area contributed by atoms with Crippen LogP contribution in [0.3, 0.4) is 0 Å². The summed E-state index contributed by atoms with van der Waals surface area (Å²) in [6, 6.07) is 24.6. The molecule has 0 aliphatic carbocycles. The fraction of sp³-hybridized carbons (Fsp3) is 0.219. The first kappa shape index (κ1) is 27.5. The average Bonchev–Trinajstić information content (AvgIpc) is 3.25. The van der Waals surface area contributed by atoms with E-state index in [0.717, 1.165) is 21.9 Å². The van der Waals surface area contributed by atoms with Gasteiger partial charge in [0.25, 0.3) is 5.91 Å². The van der Waals surface area contributed by atoms with Gasteiger partial charge in [0.2, 0.25) is 0 Å². The average molecular weight is 554 g/mol. The number of amides is 1. The molecule has 1 heterocycles. The van der Waals surface area contributed by atoms with Crippen LogP contribution in [0.15, 0.2) is 83.7 Å². The van der Waals surface area contributed by atoms with Crippen molar-refractivity contribution in [3.05, 3.63) is 106 Å². The maximum Gasteiger partial charge on any atom is 0.329 e. The predicted octanol–water partition coefficient (Wildman–Crippen LogP) is 4.47. The summed E-state index contributed by atoms with van der Waals surface area (Å²) >= 11 is 0. The monoisotopic (exact) mass is 553 g/mol. The normalized spacial score (nSPS) is 11.1. The number of carboxylic acids is 1. The summed E-state index contributed by atoms with van der Waals surface area (Å²) in [5.74, 6) is -0.0358. The molecule has 2 N–H and O–H groups in total. The molecule has 0 spiro atoms. The molecular formula is C32H31N3O6. The maximum atomic E-state index is 13.6. The van der Waals surface area contributed by atoms with Gasteiger partial charge < -0.3 is 19.9 Å². The minimum Gasteiger partial charge on any atom is -0.493 e. The van der Waals surface area contributed by atoms with Crippen LogP contribution in [-0.2, 0) is 24.3 Å². The van der Waals surface area contributed by atoms with Gasteiger partial charge in [0, 0.05) is 18.7 Å². The molecule has 1 aromatic heterocycles. The van der Waals surface area contributed by atoms with Crippen molar-refractivity contribution >= 4 is 33.7 Å². The number of ether oxygens (including phenoxy) is 2. The minimum atomic E-state index is -1.00. The van der Waals surface area contributed by atoms with Crippen LogP contribution in [0.25, 0.3) is 21.8 Å². The summed E-state index contributed by atoms with van der Waals surface area (Å²) in [5.41, 5.74) is 3.17. The van der Waals surface area contributed by atoms with Crippen LogP contribution in [0.5, 0.6) is 11.5 Å². The Labute approximate surface area is 236 Å². The number of carboxylic acid groups (broad SMARTS) is 1. The smallest absolute Gasteiger partial charge is 0.329 e. The highest BCUT2D eigenvalue weighted by Gasteiger charge is 2.18. The van der Waals surface area contributed by atoms with Crippen molar-refractivity contribution < 1.29 is 24.2 Å². The molecule has 0 bridgehead atoms. The number of nitrogens with zero attached hydrogens (tertiary/aromatic N) is 2. The Balaban J connectivity index is 1.41. The van der Waals surface area contributed by atoms with E-state index in [1.807, 2.05) is 60.7 Å². The number of imidazole rings is 1. The lowest BCUT2D eigenvalue weighted by atomic mass is 10.0. The predicted molar refractivity (Wildman–Crippen MR) is 157 cm³/mol. The van der Waals surface area contributed by atoms with Gasteiger partial charge in [-0.25, -0.2) is 4.79 Å². The number of carbonyl (C=O) groups is 2. The number of carbonyl (C=O) groups excluding carboxylic acids is 1. The Kier molecular flexibility index (Phi) is 8.05. The number of fused-ring (bicyclic) bond motifs is 2. The number of rotatable bonds is 11. The highest BCUT2D eigenvalue weighted by atomic mass is 16.5. The van der Waals surface area contributed by atoms with E-state index >= 15 is 0 Å². The van der Waals surface area contributed by atoms with Gasteiger partial charge in [0.05, 0.1) is 38.2 Å². The van der Waals surface area contributed by atoms with E-state index in [9.17, 15) is 19.5 Å². The summed E-state index contributed by atoms with van der Waals surface area (Å²) in [6.07, 6.45) is 0.369. The Morgan fingerprint density at radius 3 is 2.41 bits per heavy atom. The summed E-state index contributed by atoms with van der Waals surface area (Å²) < 4.78 is 13.7. The van der Waals surface area contributed by atoms with Crippen molar-refractivity contribution in [3.63, 3.8) is 0 Å². The number of aryl methyl sites for hydroxylation is 1. The molecule has 0 radical (unpaired) electrons. The van der Waals surface area contributed by atoms with E-state index < -0.39 is 5.97 Å². The van der Waals surface area contributed by atoms with E-state index in [0.29, 0.717) is 47.6 Å². The van der Waals surface area contributed by atoms with Crippen molar-refractivity contribution in [1.29, 1.82) is 0 Å². The van der Waals surface area contributed by atoms with Gasteiger partial charge in [-0.3, -0.25) is 18.7 Å². The molecule has 0 aliphatic rings. The number of nitrogens with one attached hydrogen (secondary N) is 1. The first-order valence-corrected chi connectivity index (χ1v) is 13.3. The molecule has 0 fully saturated rings. The molecule has 0 saturated carbocycles. The largest absolute Gasteiger partial charge is 0.493 e. The third-order valence-electron chi connectivity index (χ3n) is 7.19. The Morgan fingerprint density at radius 1 is 0.854 bits per heavy atom. The van der Waals surface area contributed by atoms with Crippen LogP contribution in [-0.4, -0.2) is 46.9 Å². The van der Waals surface area contributed by atoms with Gasteiger partial charge in [0.15, 0.2) is 11.5 Å². The zero-order chi connectivity index (χ0) is 28.9. The Morgan fingerprint density at radius 2 is 1.63 bits per heavy atom. The summed E-state index contributed by atoms with van der Waals surface area (Å²) in [7, 11) is 3.15. The van der Waals surface area contributed by atoms with Crippen molar-refractivity contribution in [2.24, 2.45) is 0 Å². The molecule has 0 unspecified atom stereocenters.